The van der Waals surface area contributed by atoms with Crippen LogP contribution in [0.5, 0.6) is 0 Å². The van der Waals surface area contributed by atoms with Crippen LogP contribution in [0.25, 0.3) is 0 Å². The van der Waals surface area contributed by atoms with Crippen molar-refractivity contribution in [2.45, 2.75) is 103 Å². The lowest BCUT2D eigenvalue weighted by atomic mass is 9.78. The second kappa shape index (κ2) is 15.5. The molecule has 0 N–H and O–H groups in total. The van der Waals surface area contributed by atoms with Gasteiger partial charge in [-0.3, -0.25) is 0 Å². The number of hydrogen-bond donors (Lipinski definition) is 0. The monoisotopic (exact) mass is 662 g/mol. The summed E-state index contributed by atoms with van der Waals surface area (Å²) in [4.78, 5) is 0. The number of benzene rings is 2. The van der Waals surface area contributed by atoms with Gasteiger partial charge >= 0.3 is 0 Å². The standard InChI is InChI=1S/C43H54O4Si/c1-9-26-44-40-29-39-35(31-45-48(42(6,7)8,37-21-12-10-13-22-37)38-23-14-11-15-24-38)30-43(47-41(39)28-34(40)5)25-17-20-36(46-43)27-33(4)19-16-18-32(2)3/h1,10-15,17-18,21-25,27-28,30,36,39-41H,16,19-20,26,29,31H2,2-8H3/b33-27+/t36-,39+,40?,41+,43-/m0/s1. The number of fused-ring (bicyclic) bond motifs is 1. The molecule has 0 fully saturated rings. The number of rotatable bonds is 11. The third kappa shape index (κ3) is 8.13. The van der Waals surface area contributed by atoms with Gasteiger partial charge in [0.15, 0.2) is 0 Å². The molecule has 0 radical (unpaired) electrons. The highest BCUT2D eigenvalue weighted by atomic mass is 28.4. The van der Waals surface area contributed by atoms with Crippen LogP contribution in [0.1, 0.15) is 74.1 Å². The van der Waals surface area contributed by atoms with E-state index in [4.69, 9.17) is 25.1 Å². The zero-order chi connectivity index (χ0) is 34.4. The fourth-order valence-electron chi connectivity index (χ4n) is 7.50. The van der Waals surface area contributed by atoms with Crippen LogP contribution in [-0.2, 0) is 18.6 Å². The molecule has 1 aliphatic carbocycles. The van der Waals surface area contributed by atoms with Crippen LogP contribution in [0.4, 0.5) is 0 Å². The average molecular weight is 663 g/mol. The van der Waals surface area contributed by atoms with Crippen LogP contribution < -0.4 is 10.4 Å². The Balaban J connectivity index is 1.53. The van der Waals surface area contributed by atoms with Crippen molar-refractivity contribution in [1.29, 1.82) is 0 Å². The molecule has 5 heteroatoms. The lowest BCUT2D eigenvalue weighted by Gasteiger charge is -2.48. The average Bonchev–Trinajstić information content (AvgIpc) is 3.04. The zero-order valence-corrected chi connectivity index (χ0v) is 31.0. The van der Waals surface area contributed by atoms with E-state index in [-0.39, 0.29) is 35.9 Å². The van der Waals surface area contributed by atoms with Crippen LogP contribution in [0.2, 0.25) is 5.04 Å². The Morgan fingerprint density at radius 1 is 1.02 bits per heavy atom. The van der Waals surface area contributed by atoms with Crippen molar-refractivity contribution in [3.05, 3.63) is 119 Å². The van der Waals surface area contributed by atoms with E-state index < -0.39 is 14.1 Å². The fraction of sp³-hybridized carbons (Fsp3) is 0.442. The van der Waals surface area contributed by atoms with Crippen LogP contribution in [-0.4, -0.2) is 45.6 Å². The number of terminal acetylenes is 1. The minimum atomic E-state index is -2.79. The lowest BCUT2D eigenvalue weighted by molar-refractivity contribution is -0.225. The number of ether oxygens (including phenoxy) is 3. The maximum Gasteiger partial charge on any atom is 0.261 e. The van der Waals surface area contributed by atoms with Crippen molar-refractivity contribution in [3.8, 4) is 12.3 Å². The van der Waals surface area contributed by atoms with Gasteiger partial charge in [0, 0.05) is 5.92 Å². The van der Waals surface area contributed by atoms with Crippen molar-refractivity contribution in [1.82, 2.24) is 0 Å². The van der Waals surface area contributed by atoms with Crippen LogP contribution in [0.3, 0.4) is 0 Å². The SMILES string of the molecule is C#CCOC1C[C@@H]2C(CO[Si](c3ccccc3)(c3ccccc3)C(C)(C)C)=C[C@]3(C=CC[C@@H](/C=C(\C)CCC=C(C)C)O3)O[C@@H]2C=C1C. The third-order valence-electron chi connectivity index (χ3n) is 9.84. The smallest absolute Gasteiger partial charge is 0.261 e. The molecule has 1 spiro atoms. The van der Waals surface area contributed by atoms with Crippen molar-refractivity contribution in [2.75, 3.05) is 13.2 Å². The minimum Gasteiger partial charge on any atom is -0.403 e. The van der Waals surface area contributed by atoms with Crippen molar-refractivity contribution in [3.63, 3.8) is 0 Å². The summed E-state index contributed by atoms with van der Waals surface area (Å²) in [5.74, 6) is 1.74. The quantitative estimate of drug-likeness (QED) is 0.137. The molecule has 48 heavy (non-hydrogen) atoms. The molecule has 0 amide bonds. The summed E-state index contributed by atoms with van der Waals surface area (Å²) in [5, 5.41) is 2.39. The molecule has 0 saturated carbocycles. The Morgan fingerprint density at radius 3 is 2.29 bits per heavy atom. The molecule has 2 aromatic rings. The van der Waals surface area contributed by atoms with Crippen molar-refractivity contribution >= 4 is 18.7 Å². The van der Waals surface area contributed by atoms with Gasteiger partial charge in [-0.1, -0.05) is 123 Å². The molecule has 0 saturated heterocycles. The van der Waals surface area contributed by atoms with E-state index in [9.17, 15) is 0 Å². The predicted molar refractivity (Wildman–Crippen MR) is 201 cm³/mol. The highest BCUT2D eigenvalue weighted by molar-refractivity contribution is 6.99. The normalized spacial score (nSPS) is 25.9. The highest BCUT2D eigenvalue weighted by Gasteiger charge is 2.52. The molecule has 3 aliphatic rings. The summed E-state index contributed by atoms with van der Waals surface area (Å²) >= 11 is 0. The summed E-state index contributed by atoms with van der Waals surface area (Å²) in [6.07, 6.45) is 22.2. The molecule has 4 nitrogen and oxygen atoms in total. The lowest BCUT2D eigenvalue weighted by Crippen LogP contribution is -2.67. The summed E-state index contributed by atoms with van der Waals surface area (Å²) < 4.78 is 27.5. The van der Waals surface area contributed by atoms with Crippen LogP contribution in [0, 0.1) is 18.3 Å². The maximum absolute atomic E-state index is 7.51. The maximum atomic E-state index is 7.51. The van der Waals surface area contributed by atoms with E-state index in [2.05, 4.69) is 152 Å². The van der Waals surface area contributed by atoms with Gasteiger partial charge in [0.05, 0.1) is 24.9 Å². The van der Waals surface area contributed by atoms with Gasteiger partial charge in [0.2, 0.25) is 5.79 Å². The fourth-order valence-corrected chi connectivity index (χ4v) is 12.0. The topological polar surface area (TPSA) is 36.9 Å². The highest BCUT2D eigenvalue weighted by Crippen LogP contribution is 2.44. The summed E-state index contributed by atoms with van der Waals surface area (Å²) in [7, 11) is -2.79. The Morgan fingerprint density at radius 2 is 1.69 bits per heavy atom. The minimum absolute atomic E-state index is 0.0686. The Labute approximate surface area is 290 Å². The molecular weight excluding hydrogens is 609 g/mol. The Kier molecular flexibility index (Phi) is 11.7. The second-order valence-corrected chi connectivity index (χ2v) is 19.2. The van der Waals surface area contributed by atoms with Gasteiger partial charge in [-0.25, -0.2) is 0 Å². The van der Waals surface area contributed by atoms with Gasteiger partial charge < -0.3 is 18.6 Å². The Hall–Kier alpha value is -3.24. The molecule has 1 unspecified atom stereocenters. The summed E-state index contributed by atoms with van der Waals surface area (Å²) in [5.41, 5.74) is 5.01. The van der Waals surface area contributed by atoms with Gasteiger partial charge in [-0.2, -0.15) is 0 Å². The zero-order valence-electron chi connectivity index (χ0n) is 30.0. The first kappa shape index (κ1) is 36.0. The van der Waals surface area contributed by atoms with E-state index in [1.807, 2.05) is 0 Å². The van der Waals surface area contributed by atoms with E-state index in [0.717, 1.165) is 31.3 Å². The molecule has 0 aromatic heterocycles. The molecule has 0 bridgehead atoms. The summed E-state index contributed by atoms with van der Waals surface area (Å²) in [6.45, 7) is 16.3. The number of hydrogen-bond acceptors (Lipinski definition) is 4. The van der Waals surface area contributed by atoms with Crippen LogP contribution >= 0.6 is 0 Å². The van der Waals surface area contributed by atoms with E-state index in [1.54, 1.807) is 0 Å². The molecule has 254 valence electrons. The second-order valence-electron chi connectivity index (χ2n) is 14.9. The number of allylic oxidation sites excluding steroid dienone is 3. The van der Waals surface area contributed by atoms with Crippen molar-refractivity contribution in [2.24, 2.45) is 5.92 Å². The van der Waals surface area contributed by atoms with Gasteiger partial charge in [-0.05, 0) is 92.1 Å². The first-order valence-corrected chi connectivity index (χ1v) is 19.4. The van der Waals surface area contributed by atoms with E-state index >= 15 is 0 Å². The Bertz CT molecular complexity index is 1540. The van der Waals surface area contributed by atoms with Gasteiger partial charge in [0.25, 0.3) is 8.32 Å². The van der Waals surface area contributed by atoms with Gasteiger partial charge in [-0.15, -0.1) is 6.42 Å². The van der Waals surface area contributed by atoms with Crippen LogP contribution in [0.15, 0.2) is 119 Å². The van der Waals surface area contributed by atoms with E-state index in [0.29, 0.717) is 6.61 Å². The third-order valence-corrected chi connectivity index (χ3v) is 14.8. The molecule has 2 heterocycles. The van der Waals surface area contributed by atoms with Gasteiger partial charge in [0.1, 0.15) is 6.61 Å². The predicted octanol–water partition coefficient (Wildman–Crippen LogP) is 8.61. The molecule has 5 rings (SSSR count). The first-order chi connectivity index (χ1) is 23.0. The first-order valence-electron chi connectivity index (χ1n) is 17.5. The van der Waals surface area contributed by atoms with Crippen molar-refractivity contribution < 1.29 is 18.6 Å². The summed E-state index contributed by atoms with van der Waals surface area (Å²) in [6, 6.07) is 21.7. The van der Waals surface area contributed by atoms with E-state index in [1.165, 1.54) is 27.1 Å². The molecule has 2 aliphatic heterocycles. The molecule has 5 atom stereocenters. The largest absolute Gasteiger partial charge is 0.403 e. The molecular formula is C43H54O4Si. The molecule has 2 aromatic carbocycles.